The van der Waals surface area contributed by atoms with Crippen molar-refractivity contribution < 1.29 is 22.9 Å². The Kier molecular flexibility index (Phi) is 8.06. The van der Waals surface area contributed by atoms with Crippen molar-refractivity contribution in [2.45, 2.75) is 37.5 Å². The van der Waals surface area contributed by atoms with Gasteiger partial charge in [-0.25, -0.2) is 23.2 Å². The third-order valence-electron chi connectivity index (χ3n) is 7.33. The van der Waals surface area contributed by atoms with E-state index in [0.717, 1.165) is 45.2 Å². The molecule has 0 unspecified atom stereocenters. The number of thiol groups is 1. The highest BCUT2D eigenvalue weighted by Crippen LogP contribution is 2.38. The molecule has 44 heavy (non-hydrogen) atoms. The minimum atomic E-state index is -3.31. The maximum absolute atomic E-state index is 15.1. The van der Waals surface area contributed by atoms with Crippen LogP contribution in [0, 0.1) is 36.3 Å². The van der Waals surface area contributed by atoms with Gasteiger partial charge in [0.15, 0.2) is 5.69 Å². The molecule has 1 saturated carbocycles. The highest BCUT2D eigenvalue weighted by molar-refractivity contribution is 8.00. The number of thiazole rings is 1. The van der Waals surface area contributed by atoms with Crippen LogP contribution >= 0.6 is 22.7 Å². The first kappa shape index (κ1) is 30.0. The number of nitrogens with zero attached hydrogens (tertiary/aromatic N) is 3. The standard InChI is InChI=1S/C32H28F2N4O3S3/c1-18-3-9-23(43-18)10-7-21-16-22(8-11-25(21)33)30-24(13-20-6-12-29(26(34)14-20)44(2,35)41)28(15-19-4-5-19)38(37-30)32-36-27(17-42-32)31(39)40/h3,6,8-9,11-12,14,16-17,19,44H,4-5,13,15H2,1-2H3,(H2,35,41)(H,39,40). The summed E-state index contributed by atoms with van der Waals surface area (Å²) in [5, 5.41) is 22.0. The van der Waals surface area contributed by atoms with Gasteiger partial charge in [-0.1, -0.05) is 17.9 Å². The Morgan fingerprint density at radius 2 is 1.93 bits per heavy atom. The minimum Gasteiger partial charge on any atom is -0.476 e. The molecule has 1 aliphatic carbocycles. The largest absolute Gasteiger partial charge is 0.476 e. The van der Waals surface area contributed by atoms with Crippen molar-refractivity contribution in [3.05, 3.63) is 103 Å². The number of thiophene rings is 1. The number of carboxylic acid groups (broad SMARTS) is 1. The van der Waals surface area contributed by atoms with Crippen LogP contribution in [0.1, 0.15) is 55.5 Å². The van der Waals surface area contributed by atoms with Gasteiger partial charge in [0.2, 0.25) is 5.13 Å². The van der Waals surface area contributed by atoms with Gasteiger partial charge in [-0.15, -0.1) is 22.7 Å². The predicted molar refractivity (Wildman–Crippen MR) is 170 cm³/mol. The molecule has 3 heterocycles. The Bertz CT molecular complexity index is 2030. The molecule has 0 atom stereocenters. The molecule has 1 fully saturated rings. The van der Waals surface area contributed by atoms with Crippen LogP contribution < -0.4 is 5.14 Å². The van der Waals surface area contributed by atoms with E-state index in [1.165, 1.54) is 41.2 Å². The third-order valence-corrected chi connectivity index (χ3v) is 10.4. The summed E-state index contributed by atoms with van der Waals surface area (Å²) in [7, 11) is -3.31. The first-order valence-electron chi connectivity index (χ1n) is 13.8. The molecule has 3 aromatic heterocycles. The van der Waals surface area contributed by atoms with E-state index < -0.39 is 27.7 Å². The molecule has 226 valence electrons. The van der Waals surface area contributed by atoms with Crippen LogP contribution in [0.15, 0.2) is 58.8 Å². The van der Waals surface area contributed by atoms with Gasteiger partial charge in [-0.05, 0) is 90.3 Å². The van der Waals surface area contributed by atoms with Gasteiger partial charge in [0.1, 0.15) is 11.6 Å². The highest BCUT2D eigenvalue weighted by Gasteiger charge is 2.29. The zero-order valence-corrected chi connectivity index (χ0v) is 26.3. The second kappa shape index (κ2) is 11.8. The lowest BCUT2D eigenvalue weighted by Gasteiger charge is -2.15. The topological polar surface area (TPSA) is 111 Å². The molecular formula is C32H28F2N4O3S3. The Morgan fingerprint density at radius 1 is 1.14 bits per heavy atom. The zero-order valence-electron chi connectivity index (χ0n) is 23.8. The summed E-state index contributed by atoms with van der Waals surface area (Å²) in [4.78, 5) is 17.8. The van der Waals surface area contributed by atoms with Crippen LogP contribution in [-0.2, 0) is 23.0 Å². The maximum atomic E-state index is 15.1. The van der Waals surface area contributed by atoms with E-state index in [1.54, 1.807) is 22.9 Å². The van der Waals surface area contributed by atoms with Crippen molar-refractivity contribution in [2.24, 2.45) is 11.1 Å². The number of carboxylic acids is 1. The van der Waals surface area contributed by atoms with Crippen molar-refractivity contribution in [1.82, 2.24) is 14.8 Å². The fourth-order valence-corrected chi connectivity index (χ4v) is 7.30. The number of aromatic carboxylic acids is 1. The number of aromatic nitrogens is 3. The summed E-state index contributed by atoms with van der Waals surface area (Å²) in [5.74, 6) is 4.14. The van der Waals surface area contributed by atoms with Gasteiger partial charge >= 0.3 is 5.97 Å². The molecule has 1 aliphatic rings. The number of benzene rings is 2. The van der Waals surface area contributed by atoms with Crippen molar-refractivity contribution in [3.8, 4) is 28.2 Å². The SMILES string of the molecule is Cc1ccc(C#Cc2cc(-c3nn(-c4nc(C(=O)O)cs4)c(CC4CC4)c3Cc3ccc([SH](C)(N)=O)c(F)c3)ccc2F)s1. The Labute approximate surface area is 262 Å². The molecule has 0 radical (unpaired) electrons. The summed E-state index contributed by atoms with van der Waals surface area (Å²) in [6.45, 7) is 1.98. The normalized spacial score (nSPS) is 13.5. The fraction of sp³-hybridized carbons (Fsp3) is 0.219. The van der Waals surface area contributed by atoms with E-state index in [1.807, 2.05) is 19.1 Å². The molecule has 5 aromatic rings. The first-order valence-corrected chi connectivity index (χ1v) is 17.7. The lowest BCUT2D eigenvalue weighted by Crippen LogP contribution is -2.22. The Hall–Kier alpha value is -4.02. The van der Waals surface area contributed by atoms with Gasteiger partial charge < -0.3 is 5.11 Å². The van der Waals surface area contributed by atoms with Crippen LogP contribution in [-0.4, -0.2) is 36.3 Å². The molecule has 0 bridgehead atoms. The first-order chi connectivity index (χ1) is 21.0. The lowest BCUT2D eigenvalue weighted by molar-refractivity contribution is 0.0691. The predicted octanol–water partition coefficient (Wildman–Crippen LogP) is 6.16. The number of halogens is 2. The van der Waals surface area contributed by atoms with E-state index >= 15 is 4.39 Å². The minimum absolute atomic E-state index is 0.0259. The summed E-state index contributed by atoms with van der Waals surface area (Å²) < 4.78 is 44.1. The van der Waals surface area contributed by atoms with Crippen molar-refractivity contribution in [3.63, 3.8) is 0 Å². The van der Waals surface area contributed by atoms with E-state index in [4.69, 9.17) is 10.2 Å². The van der Waals surface area contributed by atoms with Crippen LogP contribution in [0.5, 0.6) is 0 Å². The fourth-order valence-electron chi connectivity index (χ4n) is 4.95. The molecule has 6 rings (SSSR count). The molecule has 3 N–H and O–H groups in total. The van der Waals surface area contributed by atoms with Crippen LogP contribution in [0.3, 0.4) is 0 Å². The number of carbonyl (C=O) groups is 1. The average Bonchev–Trinajstić information content (AvgIpc) is 3.31. The summed E-state index contributed by atoms with van der Waals surface area (Å²) in [6, 6.07) is 13.0. The molecule has 2 aromatic carbocycles. The van der Waals surface area contributed by atoms with Gasteiger partial charge in [0.25, 0.3) is 0 Å². The quantitative estimate of drug-likeness (QED) is 0.138. The smallest absolute Gasteiger partial charge is 0.355 e. The molecule has 7 nitrogen and oxygen atoms in total. The number of hydrogen-bond donors (Lipinski definition) is 3. The summed E-state index contributed by atoms with van der Waals surface area (Å²) in [5.41, 5.74) is 3.47. The third kappa shape index (κ3) is 6.42. The van der Waals surface area contributed by atoms with Gasteiger partial charge in [0, 0.05) is 34.1 Å². The molecule has 0 saturated heterocycles. The number of aryl methyl sites for hydroxylation is 1. The lowest BCUT2D eigenvalue weighted by atomic mass is 9.96. The molecule has 0 aliphatic heterocycles. The number of rotatable bonds is 8. The average molecular weight is 651 g/mol. The van der Waals surface area contributed by atoms with Gasteiger partial charge in [-0.2, -0.15) is 5.10 Å². The maximum Gasteiger partial charge on any atom is 0.355 e. The van der Waals surface area contributed by atoms with Gasteiger partial charge in [0.05, 0.1) is 26.7 Å². The van der Waals surface area contributed by atoms with Crippen molar-refractivity contribution in [1.29, 1.82) is 0 Å². The Balaban J connectivity index is 1.51. The summed E-state index contributed by atoms with van der Waals surface area (Å²) >= 11 is 2.68. The Morgan fingerprint density at radius 3 is 2.57 bits per heavy atom. The van der Waals surface area contributed by atoms with E-state index in [0.29, 0.717) is 34.3 Å². The second-order valence-electron chi connectivity index (χ2n) is 11.0. The summed E-state index contributed by atoms with van der Waals surface area (Å²) in [6.07, 6.45) is 4.32. The molecular weight excluding hydrogens is 623 g/mol. The van der Waals surface area contributed by atoms with E-state index in [2.05, 4.69) is 16.8 Å². The molecule has 12 heteroatoms. The monoisotopic (exact) mass is 650 g/mol. The second-order valence-corrected chi connectivity index (χ2v) is 15.5. The van der Waals surface area contributed by atoms with Crippen LogP contribution in [0.4, 0.5) is 8.78 Å². The van der Waals surface area contributed by atoms with Crippen molar-refractivity contribution in [2.75, 3.05) is 6.26 Å². The van der Waals surface area contributed by atoms with Crippen molar-refractivity contribution >= 4 is 38.8 Å². The number of hydrogen-bond acceptors (Lipinski definition) is 6. The van der Waals surface area contributed by atoms with E-state index in [-0.39, 0.29) is 22.6 Å². The molecule has 0 spiro atoms. The van der Waals surface area contributed by atoms with Gasteiger partial charge in [-0.3, -0.25) is 9.35 Å². The highest BCUT2D eigenvalue weighted by atomic mass is 32.3. The van der Waals surface area contributed by atoms with Crippen LogP contribution in [0.2, 0.25) is 0 Å². The molecule has 0 amide bonds. The van der Waals surface area contributed by atoms with E-state index in [9.17, 15) is 18.5 Å². The number of nitrogens with two attached hydrogens (primary N) is 1. The van der Waals surface area contributed by atoms with Crippen LogP contribution in [0.25, 0.3) is 16.4 Å². The zero-order chi connectivity index (χ0) is 31.2.